The molecule has 6 nitrogen and oxygen atoms in total. The summed E-state index contributed by atoms with van der Waals surface area (Å²) < 4.78 is 41.4. The van der Waals surface area contributed by atoms with E-state index in [-0.39, 0.29) is 47.6 Å². The highest BCUT2D eigenvalue weighted by Gasteiger charge is 2.38. The Morgan fingerprint density at radius 1 is 1.06 bits per heavy atom. The van der Waals surface area contributed by atoms with Crippen LogP contribution in [0.5, 0.6) is 0 Å². The van der Waals surface area contributed by atoms with Crippen LogP contribution in [-0.4, -0.2) is 36.1 Å². The lowest BCUT2D eigenvalue weighted by Crippen LogP contribution is -2.45. The first-order valence-corrected chi connectivity index (χ1v) is 9.87. The van der Waals surface area contributed by atoms with E-state index in [1.807, 2.05) is 7.05 Å². The number of aromatic nitrogens is 2. The van der Waals surface area contributed by atoms with Gasteiger partial charge in [0.1, 0.15) is 5.82 Å². The lowest BCUT2D eigenvalue weighted by atomic mass is 10.0. The molecular weight excluding hydrogens is 452 g/mol. The number of likely N-dealkylation sites (N-methyl/N-ethyl adjacent to an activating group) is 1. The highest BCUT2D eigenvalue weighted by molar-refractivity contribution is 5.85. The summed E-state index contributed by atoms with van der Waals surface area (Å²) in [5, 5.41) is 3.29. The molecule has 1 unspecified atom stereocenters. The largest absolute Gasteiger partial charge is 0.419 e. The van der Waals surface area contributed by atoms with Crippen molar-refractivity contribution >= 4 is 42.0 Å². The Kier molecular flexibility index (Phi) is 7.89. The molecule has 0 radical (unpaired) electrons. The third-order valence-corrected chi connectivity index (χ3v) is 5.82. The van der Waals surface area contributed by atoms with Crippen LogP contribution in [0.3, 0.4) is 0 Å². The number of nitrogens with two attached hydrogens (primary N) is 2. The van der Waals surface area contributed by atoms with Gasteiger partial charge in [0.05, 0.1) is 11.1 Å². The van der Waals surface area contributed by atoms with Crippen molar-refractivity contribution in [2.24, 2.45) is 0 Å². The number of halogens is 5. The summed E-state index contributed by atoms with van der Waals surface area (Å²) in [5.41, 5.74) is 11.9. The van der Waals surface area contributed by atoms with Gasteiger partial charge in [0.25, 0.3) is 0 Å². The van der Waals surface area contributed by atoms with Gasteiger partial charge >= 0.3 is 6.18 Å². The number of nitrogens with zero attached hydrogens (tertiary/aromatic N) is 3. The molecule has 31 heavy (non-hydrogen) atoms. The Morgan fingerprint density at radius 3 is 2.45 bits per heavy atom. The highest BCUT2D eigenvalue weighted by atomic mass is 35.5. The van der Waals surface area contributed by atoms with Gasteiger partial charge in [-0.2, -0.15) is 13.2 Å². The molecule has 1 fully saturated rings. The topological polar surface area (TPSA) is 93.1 Å². The summed E-state index contributed by atoms with van der Waals surface area (Å²) >= 11 is 0. The Bertz CT molecular complexity index is 938. The summed E-state index contributed by atoms with van der Waals surface area (Å²) in [6.07, 6.45) is -0.113. The van der Waals surface area contributed by atoms with Crippen molar-refractivity contribution < 1.29 is 13.2 Å². The molecule has 1 aromatic heterocycles. The fraction of sp³-hybridized carbons (Fsp3) is 0.500. The minimum Gasteiger partial charge on any atom is -0.398 e. The summed E-state index contributed by atoms with van der Waals surface area (Å²) in [7, 11) is 1.92. The van der Waals surface area contributed by atoms with Crippen LogP contribution in [0.1, 0.15) is 36.1 Å². The zero-order valence-electron chi connectivity index (χ0n) is 17.1. The van der Waals surface area contributed by atoms with Crippen molar-refractivity contribution in [2.75, 3.05) is 36.5 Å². The molecule has 1 saturated heterocycles. The highest BCUT2D eigenvalue weighted by Crippen LogP contribution is 2.44. The predicted molar refractivity (Wildman–Crippen MR) is 122 cm³/mol. The van der Waals surface area contributed by atoms with E-state index in [0.29, 0.717) is 6.04 Å². The number of piperidine rings is 1. The minimum absolute atomic E-state index is 0. The second-order valence-corrected chi connectivity index (χ2v) is 7.72. The van der Waals surface area contributed by atoms with Crippen molar-refractivity contribution in [1.29, 1.82) is 0 Å². The Hall–Kier alpha value is -1.97. The van der Waals surface area contributed by atoms with Crippen LogP contribution in [-0.2, 0) is 19.0 Å². The first-order valence-electron chi connectivity index (χ1n) is 9.87. The molecule has 5 N–H and O–H groups in total. The van der Waals surface area contributed by atoms with Crippen molar-refractivity contribution in [3.63, 3.8) is 0 Å². The van der Waals surface area contributed by atoms with Gasteiger partial charge in [0.15, 0.2) is 5.82 Å². The zero-order chi connectivity index (χ0) is 20.8. The molecule has 0 saturated carbocycles. The van der Waals surface area contributed by atoms with Crippen LogP contribution in [0.25, 0.3) is 11.4 Å². The monoisotopic (exact) mass is 478 g/mol. The quantitative estimate of drug-likeness (QED) is 0.580. The van der Waals surface area contributed by atoms with Gasteiger partial charge in [-0.25, -0.2) is 9.97 Å². The zero-order valence-corrected chi connectivity index (χ0v) is 18.8. The van der Waals surface area contributed by atoms with E-state index in [0.717, 1.165) is 62.3 Å². The smallest absolute Gasteiger partial charge is 0.398 e. The van der Waals surface area contributed by atoms with Gasteiger partial charge in [0, 0.05) is 41.8 Å². The second-order valence-electron chi connectivity index (χ2n) is 7.72. The SMILES string of the molecule is CNC1CCCN(c2nc(-c3c(N)ccc(N)c3C(F)(F)F)nc3c2CCC3)C1.Cl.Cl. The number of hydrogen-bond donors (Lipinski definition) is 3. The van der Waals surface area contributed by atoms with Crippen LogP contribution in [0.15, 0.2) is 12.1 Å². The number of nitrogens with one attached hydrogen (secondary N) is 1. The van der Waals surface area contributed by atoms with Gasteiger partial charge in [-0.15, -0.1) is 24.8 Å². The molecule has 1 aromatic carbocycles. The van der Waals surface area contributed by atoms with E-state index in [4.69, 9.17) is 11.5 Å². The van der Waals surface area contributed by atoms with Gasteiger partial charge in [0.2, 0.25) is 0 Å². The number of anilines is 3. The van der Waals surface area contributed by atoms with Gasteiger partial charge in [-0.05, 0) is 51.3 Å². The van der Waals surface area contributed by atoms with E-state index in [2.05, 4.69) is 20.2 Å². The van der Waals surface area contributed by atoms with E-state index in [1.165, 1.54) is 12.1 Å². The fourth-order valence-electron chi connectivity index (χ4n) is 4.37. The van der Waals surface area contributed by atoms with Crippen LogP contribution in [0, 0.1) is 0 Å². The Balaban J connectivity index is 0.00000171. The number of fused-ring (bicyclic) bond motifs is 1. The fourth-order valence-corrected chi connectivity index (χ4v) is 4.37. The molecule has 1 aliphatic heterocycles. The molecule has 4 rings (SSSR count). The van der Waals surface area contributed by atoms with Crippen molar-refractivity contribution in [3.8, 4) is 11.4 Å². The van der Waals surface area contributed by atoms with Crippen molar-refractivity contribution in [2.45, 2.75) is 44.3 Å². The normalized spacial score (nSPS) is 18.2. The predicted octanol–water partition coefficient (Wildman–Crippen LogP) is 3.85. The maximum absolute atomic E-state index is 13.8. The summed E-state index contributed by atoms with van der Waals surface area (Å²) in [5.74, 6) is 0.738. The molecule has 1 aliphatic carbocycles. The maximum atomic E-state index is 13.8. The molecule has 11 heteroatoms. The number of nitrogen functional groups attached to an aromatic ring is 2. The van der Waals surface area contributed by atoms with Gasteiger partial charge < -0.3 is 21.7 Å². The lowest BCUT2D eigenvalue weighted by Gasteiger charge is -2.34. The number of rotatable bonds is 3. The standard InChI is InChI=1S/C20H25F3N6.2ClH/c1-26-11-4-3-9-29(10-11)19-12-5-2-6-15(12)27-18(28-19)16-13(24)7-8-14(25)17(16)20(21,22)23;;/h7-8,11,26H,2-6,9-10,24-25H2,1H3;2*1H. The average Bonchev–Trinajstić information content (AvgIpc) is 3.16. The number of hydrogen-bond acceptors (Lipinski definition) is 6. The Labute approximate surface area is 191 Å². The van der Waals surface area contributed by atoms with Crippen LogP contribution in [0.4, 0.5) is 30.4 Å². The van der Waals surface area contributed by atoms with Gasteiger partial charge in [-0.1, -0.05) is 0 Å². The minimum atomic E-state index is -4.65. The summed E-state index contributed by atoms with van der Waals surface area (Å²) in [4.78, 5) is 11.3. The number of alkyl halides is 3. The first-order chi connectivity index (χ1) is 13.8. The third-order valence-electron chi connectivity index (χ3n) is 5.82. The maximum Gasteiger partial charge on any atom is 0.419 e. The van der Waals surface area contributed by atoms with E-state index >= 15 is 0 Å². The van der Waals surface area contributed by atoms with Crippen LogP contribution in [0.2, 0.25) is 0 Å². The third kappa shape index (κ3) is 4.78. The molecule has 2 aliphatic rings. The summed E-state index contributed by atoms with van der Waals surface area (Å²) in [6.45, 7) is 1.58. The van der Waals surface area contributed by atoms with E-state index in [1.54, 1.807) is 0 Å². The molecule has 2 heterocycles. The molecule has 0 amide bonds. The molecular formula is C20H27Cl2F3N6. The Morgan fingerprint density at radius 2 is 1.77 bits per heavy atom. The van der Waals surface area contributed by atoms with E-state index in [9.17, 15) is 13.2 Å². The summed E-state index contributed by atoms with van der Waals surface area (Å²) in [6, 6.07) is 2.88. The average molecular weight is 479 g/mol. The number of benzene rings is 1. The molecule has 172 valence electrons. The van der Waals surface area contributed by atoms with E-state index < -0.39 is 11.7 Å². The second kappa shape index (κ2) is 9.67. The molecule has 0 spiro atoms. The molecule has 2 aromatic rings. The number of aryl methyl sites for hydroxylation is 1. The lowest BCUT2D eigenvalue weighted by molar-refractivity contribution is -0.136. The molecule has 0 bridgehead atoms. The van der Waals surface area contributed by atoms with Crippen LogP contribution < -0.4 is 21.7 Å². The van der Waals surface area contributed by atoms with Crippen LogP contribution >= 0.6 is 24.8 Å². The van der Waals surface area contributed by atoms with Crippen molar-refractivity contribution in [1.82, 2.24) is 15.3 Å². The van der Waals surface area contributed by atoms with Crippen molar-refractivity contribution in [3.05, 3.63) is 29.0 Å². The van der Waals surface area contributed by atoms with Gasteiger partial charge in [-0.3, -0.25) is 0 Å². The first kappa shape index (κ1) is 25.3. The molecule has 1 atom stereocenters.